The highest BCUT2D eigenvalue weighted by molar-refractivity contribution is 9.10. The van der Waals surface area contributed by atoms with Crippen molar-refractivity contribution in [3.63, 3.8) is 0 Å². The van der Waals surface area contributed by atoms with Gasteiger partial charge in [0.05, 0.1) is 5.56 Å². The van der Waals surface area contributed by atoms with Gasteiger partial charge in [-0.15, -0.1) is 0 Å². The maximum absolute atomic E-state index is 12.6. The van der Waals surface area contributed by atoms with E-state index in [0.717, 1.165) is 30.2 Å². The van der Waals surface area contributed by atoms with Crippen molar-refractivity contribution in [2.75, 3.05) is 0 Å². The summed E-state index contributed by atoms with van der Waals surface area (Å²) in [6, 6.07) is 2.54. The summed E-state index contributed by atoms with van der Waals surface area (Å²) in [4.78, 5) is 18.7. The van der Waals surface area contributed by atoms with E-state index in [1.807, 2.05) is 6.07 Å². The molecule has 1 aromatic heterocycles. The molecule has 0 radical (unpaired) electrons. The van der Waals surface area contributed by atoms with Crippen molar-refractivity contribution >= 4 is 21.8 Å². The van der Waals surface area contributed by atoms with Crippen LogP contribution in [0.1, 0.15) is 36.0 Å². The molecule has 2 saturated heterocycles. The SMILES string of the molecule is C=C1CC2CCC(C1)N2C(=O)c1cncc(Br)c1. The molecule has 1 aromatic rings. The maximum Gasteiger partial charge on any atom is 0.255 e. The van der Waals surface area contributed by atoms with E-state index in [9.17, 15) is 4.79 Å². The first-order chi connectivity index (χ1) is 8.65. The van der Waals surface area contributed by atoms with Crippen LogP contribution in [0.15, 0.2) is 35.1 Å². The third-order valence-corrected chi connectivity index (χ3v) is 4.29. The highest BCUT2D eigenvalue weighted by Crippen LogP contribution is 2.38. The summed E-state index contributed by atoms with van der Waals surface area (Å²) in [7, 11) is 0. The summed E-state index contributed by atoms with van der Waals surface area (Å²) in [6.45, 7) is 4.08. The minimum absolute atomic E-state index is 0.115. The minimum Gasteiger partial charge on any atom is -0.332 e. The van der Waals surface area contributed by atoms with Crippen molar-refractivity contribution in [2.45, 2.75) is 37.8 Å². The molecule has 2 aliphatic heterocycles. The second-order valence-corrected chi connectivity index (χ2v) is 6.06. The van der Waals surface area contributed by atoms with Crippen molar-refractivity contribution in [2.24, 2.45) is 0 Å². The molecule has 2 unspecified atom stereocenters. The van der Waals surface area contributed by atoms with Crippen LogP contribution in [0.5, 0.6) is 0 Å². The van der Waals surface area contributed by atoms with E-state index in [0.29, 0.717) is 17.6 Å². The fraction of sp³-hybridized carbons (Fsp3) is 0.429. The van der Waals surface area contributed by atoms with Gasteiger partial charge < -0.3 is 4.90 Å². The Balaban J connectivity index is 1.88. The van der Waals surface area contributed by atoms with E-state index in [4.69, 9.17) is 0 Å². The number of amides is 1. The first-order valence-electron chi connectivity index (χ1n) is 6.25. The lowest BCUT2D eigenvalue weighted by Crippen LogP contribution is -2.44. The van der Waals surface area contributed by atoms with Gasteiger partial charge in [0.2, 0.25) is 0 Å². The van der Waals surface area contributed by atoms with Gasteiger partial charge in [0.1, 0.15) is 0 Å². The van der Waals surface area contributed by atoms with Crippen molar-refractivity contribution in [3.8, 4) is 0 Å². The molecule has 0 aliphatic carbocycles. The van der Waals surface area contributed by atoms with Gasteiger partial charge in [0.15, 0.2) is 0 Å². The lowest BCUT2D eigenvalue weighted by atomic mass is 9.97. The number of rotatable bonds is 1. The molecule has 3 heterocycles. The quantitative estimate of drug-likeness (QED) is 0.747. The average molecular weight is 307 g/mol. The molecule has 2 atom stereocenters. The van der Waals surface area contributed by atoms with Crippen LogP contribution in [-0.4, -0.2) is 27.9 Å². The fourth-order valence-electron chi connectivity index (χ4n) is 3.12. The molecule has 0 aromatic carbocycles. The number of piperidine rings is 1. The van der Waals surface area contributed by atoms with Gasteiger partial charge in [-0.25, -0.2) is 0 Å². The highest BCUT2D eigenvalue weighted by atomic mass is 79.9. The number of pyridine rings is 1. The number of carbonyl (C=O) groups excluding carboxylic acids is 1. The van der Waals surface area contributed by atoms with E-state index in [1.54, 1.807) is 12.4 Å². The predicted molar refractivity (Wildman–Crippen MR) is 73.3 cm³/mol. The zero-order chi connectivity index (χ0) is 12.7. The zero-order valence-electron chi connectivity index (χ0n) is 10.1. The third-order valence-electron chi connectivity index (χ3n) is 3.85. The summed E-state index contributed by atoms with van der Waals surface area (Å²) in [6.07, 6.45) is 7.49. The Kier molecular flexibility index (Phi) is 2.98. The van der Waals surface area contributed by atoms with E-state index in [-0.39, 0.29) is 5.91 Å². The molecule has 0 saturated carbocycles. The molecular weight excluding hydrogens is 292 g/mol. The van der Waals surface area contributed by atoms with E-state index in [1.165, 1.54) is 5.57 Å². The number of hydrogen-bond donors (Lipinski definition) is 0. The van der Waals surface area contributed by atoms with Crippen LogP contribution >= 0.6 is 15.9 Å². The second kappa shape index (κ2) is 4.50. The smallest absolute Gasteiger partial charge is 0.255 e. The molecule has 4 heteroatoms. The Bertz CT molecular complexity index is 498. The molecule has 18 heavy (non-hydrogen) atoms. The van der Waals surface area contributed by atoms with Crippen LogP contribution in [0.2, 0.25) is 0 Å². The maximum atomic E-state index is 12.6. The van der Waals surface area contributed by atoms with Gasteiger partial charge in [-0.3, -0.25) is 9.78 Å². The minimum atomic E-state index is 0.115. The average Bonchev–Trinajstić information content (AvgIpc) is 2.61. The molecule has 2 bridgehead atoms. The van der Waals surface area contributed by atoms with Crippen LogP contribution in [0, 0.1) is 0 Å². The Morgan fingerprint density at radius 3 is 2.61 bits per heavy atom. The standard InChI is InChI=1S/C14H15BrN2O/c1-9-4-12-2-3-13(5-9)17(12)14(18)10-6-11(15)8-16-7-10/h6-8,12-13H,1-5H2. The van der Waals surface area contributed by atoms with Crippen LogP contribution in [0.25, 0.3) is 0 Å². The Labute approximate surface area is 115 Å². The molecule has 3 rings (SSSR count). The third kappa shape index (κ3) is 1.99. The molecular formula is C14H15BrN2O. The monoisotopic (exact) mass is 306 g/mol. The number of nitrogens with zero attached hydrogens (tertiary/aromatic N) is 2. The molecule has 2 fully saturated rings. The normalized spacial score (nSPS) is 26.5. The summed E-state index contributed by atoms with van der Waals surface area (Å²) in [5.41, 5.74) is 1.97. The first-order valence-corrected chi connectivity index (χ1v) is 7.04. The van der Waals surface area contributed by atoms with Gasteiger partial charge in [0.25, 0.3) is 5.91 Å². The largest absolute Gasteiger partial charge is 0.332 e. The molecule has 94 valence electrons. The van der Waals surface area contributed by atoms with Crippen LogP contribution < -0.4 is 0 Å². The van der Waals surface area contributed by atoms with E-state index >= 15 is 0 Å². The van der Waals surface area contributed by atoms with Crippen molar-refractivity contribution in [1.29, 1.82) is 0 Å². The second-order valence-electron chi connectivity index (χ2n) is 5.15. The van der Waals surface area contributed by atoms with Gasteiger partial charge >= 0.3 is 0 Å². The van der Waals surface area contributed by atoms with Crippen LogP contribution in [0.3, 0.4) is 0 Å². The number of hydrogen-bond acceptors (Lipinski definition) is 2. The summed E-state index contributed by atoms with van der Waals surface area (Å²) >= 11 is 3.36. The molecule has 0 spiro atoms. The summed E-state index contributed by atoms with van der Waals surface area (Å²) in [5.74, 6) is 0.115. The van der Waals surface area contributed by atoms with Crippen molar-refractivity contribution in [1.82, 2.24) is 9.88 Å². The molecule has 3 nitrogen and oxygen atoms in total. The number of aromatic nitrogens is 1. The highest BCUT2D eigenvalue weighted by Gasteiger charge is 2.41. The first kappa shape index (κ1) is 11.9. The lowest BCUT2D eigenvalue weighted by molar-refractivity contribution is 0.0634. The Morgan fingerprint density at radius 1 is 1.33 bits per heavy atom. The van der Waals surface area contributed by atoms with Crippen molar-refractivity contribution in [3.05, 3.63) is 40.6 Å². The molecule has 0 N–H and O–H groups in total. The predicted octanol–water partition coefficient (Wildman–Crippen LogP) is 3.17. The zero-order valence-corrected chi connectivity index (χ0v) is 11.7. The number of halogens is 1. The van der Waals surface area contributed by atoms with Gasteiger partial charge in [-0.1, -0.05) is 12.2 Å². The number of fused-ring (bicyclic) bond motifs is 2. The Hall–Kier alpha value is -1.16. The van der Waals surface area contributed by atoms with Gasteiger partial charge in [-0.2, -0.15) is 0 Å². The number of carbonyl (C=O) groups is 1. The van der Waals surface area contributed by atoms with E-state index < -0.39 is 0 Å². The molecule has 2 aliphatic rings. The molecule has 1 amide bonds. The Morgan fingerprint density at radius 2 is 2.00 bits per heavy atom. The topological polar surface area (TPSA) is 33.2 Å². The summed E-state index contributed by atoms with van der Waals surface area (Å²) in [5, 5.41) is 0. The fourth-order valence-corrected chi connectivity index (χ4v) is 3.49. The van der Waals surface area contributed by atoms with Crippen LogP contribution in [-0.2, 0) is 0 Å². The van der Waals surface area contributed by atoms with Gasteiger partial charge in [-0.05, 0) is 47.7 Å². The lowest BCUT2D eigenvalue weighted by Gasteiger charge is -2.36. The van der Waals surface area contributed by atoms with E-state index in [2.05, 4.69) is 32.4 Å². The van der Waals surface area contributed by atoms with Crippen molar-refractivity contribution < 1.29 is 4.79 Å². The van der Waals surface area contributed by atoms with Gasteiger partial charge in [0, 0.05) is 29.0 Å². The summed E-state index contributed by atoms with van der Waals surface area (Å²) < 4.78 is 0.849. The van der Waals surface area contributed by atoms with Crippen LogP contribution in [0.4, 0.5) is 0 Å².